The molecule has 0 heterocycles. The predicted molar refractivity (Wildman–Crippen MR) is 72.8 cm³/mol. The Hall–Kier alpha value is -1.13. The minimum atomic E-state index is -1.16. The second-order valence-corrected chi connectivity index (χ2v) is 8.92. The molecule has 0 aliphatic rings. The monoisotopic (exact) mass is 254 g/mol. The van der Waals surface area contributed by atoms with Crippen LogP contribution < -0.4 is 0 Å². The van der Waals surface area contributed by atoms with Crippen molar-refractivity contribution in [3.63, 3.8) is 0 Å². The first-order valence-electron chi connectivity index (χ1n) is 5.68. The summed E-state index contributed by atoms with van der Waals surface area (Å²) < 4.78 is 9.87. The fourth-order valence-corrected chi connectivity index (χ4v) is 1.99. The number of ether oxygens (including phenoxy) is 1. The summed E-state index contributed by atoms with van der Waals surface area (Å²) in [6, 6.07) is 8.88. The van der Waals surface area contributed by atoms with E-state index in [2.05, 4.69) is 24.4 Å². The van der Waals surface area contributed by atoms with Crippen molar-refractivity contribution < 1.29 is 14.0 Å². The van der Waals surface area contributed by atoms with Crippen molar-refractivity contribution in [1.82, 2.24) is 0 Å². The second kappa shape index (κ2) is 8.03. The SMILES string of the molecule is CCO[Si](C)(C)C.COC(=O)c1ccccc1. The maximum absolute atomic E-state index is 10.8. The first-order valence-corrected chi connectivity index (χ1v) is 9.09. The van der Waals surface area contributed by atoms with Gasteiger partial charge in [0, 0.05) is 6.61 Å². The quantitative estimate of drug-likeness (QED) is 0.613. The highest BCUT2D eigenvalue weighted by Crippen LogP contribution is 2.00. The van der Waals surface area contributed by atoms with Gasteiger partial charge in [-0.2, -0.15) is 0 Å². The average molecular weight is 254 g/mol. The van der Waals surface area contributed by atoms with Crippen molar-refractivity contribution in [2.75, 3.05) is 13.7 Å². The van der Waals surface area contributed by atoms with E-state index in [0.717, 1.165) is 6.61 Å². The summed E-state index contributed by atoms with van der Waals surface area (Å²) in [5.41, 5.74) is 0.588. The zero-order chi connectivity index (χ0) is 13.3. The lowest BCUT2D eigenvalue weighted by atomic mass is 10.2. The van der Waals surface area contributed by atoms with Crippen LogP contribution in [0.4, 0.5) is 0 Å². The molecule has 0 saturated carbocycles. The molecule has 4 heteroatoms. The summed E-state index contributed by atoms with van der Waals surface area (Å²) in [7, 11) is 0.213. The molecule has 0 amide bonds. The van der Waals surface area contributed by atoms with E-state index in [-0.39, 0.29) is 5.97 Å². The Morgan fingerprint density at radius 2 is 1.71 bits per heavy atom. The summed E-state index contributed by atoms with van der Waals surface area (Å²) in [5.74, 6) is -0.291. The van der Waals surface area contributed by atoms with Crippen LogP contribution in [-0.2, 0) is 9.16 Å². The Bertz CT molecular complexity index is 317. The topological polar surface area (TPSA) is 35.5 Å². The summed E-state index contributed by atoms with van der Waals surface area (Å²) in [4.78, 5) is 10.8. The molecule has 0 bridgehead atoms. The van der Waals surface area contributed by atoms with Gasteiger partial charge in [0.1, 0.15) is 0 Å². The molecule has 0 aliphatic heterocycles. The third-order valence-electron chi connectivity index (χ3n) is 1.77. The zero-order valence-electron chi connectivity index (χ0n) is 11.3. The molecule has 0 unspecified atom stereocenters. The largest absolute Gasteiger partial charge is 0.465 e. The molecule has 1 rings (SSSR count). The standard InChI is InChI=1S/C8H8O2.C5H14OSi/c1-10-8(9)7-5-3-2-4-6-7;1-5-6-7(2,3)4/h2-6H,1H3;5H2,1-4H3. The molecule has 17 heavy (non-hydrogen) atoms. The highest BCUT2D eigenvalue weighted by molar-refractivity contribution is 6.69. The number of hydrogen-bond donors (Lipinski definition) is 0. The Morgan fingerprint density at radius 3 is 2.00 bits per heavy atom. The van der Waals surface area contributed by atoms with Crippen molar-refractivity contribution in [2.24, 2.45) is 0 Å². The summed E-state index contributed by atoms with van der Waals surface area (Å²) >= 11 is 0. The van der Waals surface area contributed by atoms with E-state index in [1.165, 1.54) is 7.11 Å². The van der Waals surface area contributed by atoms with Gasteiger partial charge in [-0.1, -0.05) is 18.2 Å². The smallest absolute Gasteiger partial charge is 0.337 e. The van der Waals surface area contributed by atoms with Gasteiger partial charge in [0.25, 0.3) is 0 Å². The van der Waals surface area contributed by atoms with Gasteiger partial charge in [-0.25, -0.2) is 4.79 Å². The lowest BCUT2D eigenvalue weighted by Crippen LogP contribution is -2.24. The molecule has 1 aromatic carbocycles. The van der Waals surface area contributed by atoms with Crippen LogP contribution in [0.15, 0.2) is 30.3 Å². The summed E-state index contributed by atoms with van der Waals surface area (Å²) in [5, 5.41) is 0. The van der Waals surface area contributed by atoms with Crippen LogP contribution >= 0.6 is 0 Å². The fraction of sp³-hybridized carbons (Fsp3) is 0.462. The van der Waals surface area contributed by atoms with Crippen molar-refractivity contribution in [2.45, 2.75) is 26.6 Å². The second-order valence-electron chi connectivity index (χ2n) is 4.40. The number of carbonyl (C=O) groups excluding carboxylic acids is 1. The first-order chi connectivity index (χ1) is 7.90. The average Bonchev–Trinajstić information content (AvgIpc) is 2.28. The van der Waals surface area contributed by atoms with Crippen LogP contribution in [0, 0.1) is 0 Å². The van der Waals surface area contributed by atoms with Crippen LogP contribution in [-0.4, -0.2) is 28.0 Å². The number of benzene rings is 1. The van der Waals surface area contributed by atoms with E-state index in [4.69, 9.17) is 4.43 Å². The Balaban J connectivity index is 0.000000325. The van der Waals surface area contributed by atoms with Gasteiger partial charge in [0.15, 0.2) is 8.32 Å². The van der Waals surface area contributed by atoms with Crippen molar-refractivity contribution >= 4 is 14.3 Å². The third-order valence-corrected chi connectivity index (χ3v) is 2.93. The summed E-state index contributed by atoms with van der Waals surface area (Å²) in [6.45, 7) is 9.48. The molecule has 0 fully saturated rings. The third kappa shape index (κ3) is 8.65. The molecular formula is C13H22O3Si. The highest BCUT2D eigenvalue weighted by atomic mass is 28.4. The van der Waals surface area contributed by atoms with Crippen molar-refractivity contribution in [3.05, 3.63) is 35.9 Å². The molecule has 0 saturated heterocycles. The number of rotatable bonds is 3. The minimum absolute atomic E-state index is 0.291. The first kappa shape index (κ1) is 15.9. The molecule has 96 valence electrons. The fourth-order valence-electron chi connectivity index (χ4n) is 1.13. The lowest BCUT2D eigenvalue weighted by molar-refractivity contribution is 0.0600. The molecular weight excluding hydrogens is 232 g/mol. The predicted octanol–water partition coefficient (Wildman–Crippen LogP) is 3.33. The van der Waals surface area contributed by atoms with Crippen LogP contribution in [0.5, 0.6) is 0 Å². The number of carbonyl (C=O) groups is 1. The number of hydrogen-bond acceptors (Lipinski definition) is 3. The van der Waals surface area contributed by atoms with E-state index in [1.807, 2.05) is 13.0 Å². The normalized spacial score (nSPS) is 10.2. The van der Waals surface area contributed by atoms with Crippen molar-refractivity contribution in [1.29, 1.82) is 0 Å². The maximum atomic E-state index is 10.8. The maximum Gasteiger partial charge on any atom is 0.337 e. The molecule has 3 nitrogen and oxygen atoms in total. The number of methoxy groups -OCH3 is 1. The van der Waals surface area contributed by atoms with Crippen LogP contribution in [0.3, 0.4) is 0 Å². The van der Waals surface area contributed by atoms with E-state index in [1.54, 1.807) is 24.3 Å². The van der Waals surface area contributed by atoms with Crippen LogP contribution in [0.25, 0.3) is 0 Å². The van der Waals surface area contributed by atoms with Gasteiger partial charge in [-0.3, -0.25) is 0 Å². The molecule has 0 atom stereocenters. The molecule has 0 spiro atoms. The van der Waals surface area contributed by atoms with E-state index >= 15 is 0 Å². The molecule has 0 radical (unpaired) electrons. The van der Waals surface area contributed by atoms with E-state index in [9.17, 15) is 4.79 Å². The Kier molecular flexibility index (Phi) is 7.50. The number of esters is 1. The van der Waals surface area contributed by atoms with Gasteiger partial charge < -0.3 is 9.16 Å². The molecule has 0 aromatic heterocycles. The summed E-state index contributed by atoms with van der Waals surface area (Å²) in [6.07, 6.45) is 0. The molecule has 0 N–H and O–H groups in total. The Labute approximate surface area is 105 Å². The highest BCUT2D eigenvalue weighted by Gasteiger charge is 2.11. The van der Waals surface area contributed by atoms with E-state index < -0.39 is 8.32 Å². The lowest BCUT2D eigenvalue weighted by Gasteiger charge is -2.14. The van der Waals surface area contributed by atoms with Gasteiger partial charge in [0.05, 0.1) is 12.7 Å². The van der Waals surface area contributed by atoms with E-state index in [0.29, 0.717) is 5.56 Å². The van der Waals surface area contributed by atoms with Gasteiger partial charge in [-0.05, 0) is 38.7 Å². The minimum Gasteiger partial charge on any atom is -0.465 e. The Morgan fingerprint density at radius 1 is 1.18 bits per heavy atom. The van der Waals surface area contributed by atoms with Crippen LogP contribution in [0.2, 0.25) is 19.6 Å². The molecule has 0 aliphatic carbocycles. The van der Waals surface area contributed by atoms with Crippen molar-refractivity contribution in [3.8, 4) is 0 Å². The zero-order valence-corrected chi connectivity index (χ0v) is 12.3. The van der Waals surface area contributed by atoms with Gasteiger partial charge >= 0.3 is 5.97 Å². The van der Waals surface area contributed by atoms with Gasteiger partial charge in [0.2, 0.25) is 0 Å². The van der Waals surface area contributed by atoms with Gasteiger partial charge in [-0.15, -0.1) is 0 Å². The van der Waals surface area contributed by atoms with Crippen LogP contribution in [0.1, 0.15) is 17.3 Å². The molecule has 1 aromatic rings.